The van der Waals surface area contributed by atoms with Gasteiger partial charge in [-0.2, -0.15) is 4.31 Å². The van der Waals surface area contributed by atoms with Gasteiger partial charge in [0.2, 0.25) is 0 Å². The molecule has 0 radical (unpaired) electrons. The number of thiophene rings is 1. The van der Waals surface area contributed by atoms with Crippen LogP contribution in [0.15, 0.2) is 16.3 Å². The van der Waals surface area contributed by atoms with Crippen molar-refractivity contribution in [2.24, 2.45) is 5.92 Å². The first-order chi connectivity index (χ1) is 7.04. The highest BCUT2D eigenvalue weighted by atomic mass is 35.5. The van der Waals surface area contributed by atoms with E-state index < -0.39 is 10.0 Å². The molecule has 4 nitrogen and oxygen atoms in total. The summed E-state index contributed by atoms with van der Waals surface area (Å²) in [6, 6.07) is 3.08. The van der Waals surface area contributed by atoms with Crippen LogP contribution in [0.25, 0.3) is 0 Å². The zero-order valence-electron chi connectivity index (χ0n) is 7.76. The van der Waals surface area contributed by atoms with Crippen LogP contribution in [0.4, 0.5) is 0 Å². The van der Waals surface area contributed by atoms with Crippen LogP contribution in [0.2, 0.25) is 4.34 Å². The maximum atomic E-state index is 11.9. The van der Waals surface area contributed by atoms with E-state index >= 15 is 0 Å². The first kappa shape index (κ1) is 11.3. The summed E-state index contributed by atoms with van der Waals surface area (Å²) in [4.78, 5) is 0. The normalized spacial score (nSPS) is 19.1. The smallest absolute Gasteiger partial charge is 0.252 e. The second-order valence-corrected chi connectivity index (χ2v) is 7.31. The molecule has 84 valence electrons. The zero-order chi connectivity index (χ0) is 11.1. The Hall–Kier alpha value is -0.140. The zero-order valence-corrected chi connectivity index (χ0v) is 10.1. The molecular formula is C8H10ClNO3S2. The van der Waals surface area contributed by atoms with Crippen LogP contribution < -0.4 is 0 Å². The largest absolute Gasteiger partial charge is 0.396 e. The van der Waals surface area contributed by atoms with Gasteiger partial charge in [0.15, 0.2) is 0 Å². The van der Waals surface area contributed by atoms with Gasteiger partial charge in [-0.1, -0.05) is 11.6 Å². The van der Waals surface area contributed by atoms with Gasteiger partial charge in [0, 0.05) is 25.6 Å². The molecule has 0 amide bonds. The van der Waals surface area contributed by atoms with Gasteiger partial charge in [-0.3, -0.25) is 0 Å². The van der Waals surface area contributed by atoms with Gasteiger partial charge in [0.25, 0.3) is 10.0 Å². The number of halogens is 1. The molecular weight excluding hydrogens is 258 g/mol. The fourth-order valence-corrected chi connectivity index (χ4v) is 4.63. The van der Waals surface area contributed by atoms with E-state index in [1.165, 1.54) is 10.4 Å². The van der Waals surface area contributed by atoms with Crippen LogP contribution >= 0.6 is 22.9 Å². The average Bonchev–Trinajstić information content (AvgIpc) is 2.50. The Morgan fingerprint density at radius 1 is 1.53 bits per heavy atom. The van der Waals surface area contributed by atoms with Crippen molar-refractivity contribution in [2.75, 3.05) is 19.7 Å². The van der Waals surface area contributed by atoms with E-state index in [4.69, 9.17) is 16.7 Å². The third kappa shape index (κ3) is 2.05. The molecule has 2 rings (SSSR count). The molecule has 1 saturated heterocycles. The van der Waals surface area contributed by atoms with E-state index in [0.717, 1.165) is 11.3 Å². The van der Waals surface area contributed by atoms with E-state index in [2.05, 4.69) is 0 Å². The predicted octanol–water partition coefficient (Wildman–Crippen LogP) is 1.01. The van der Waals surface area contributed by atoms with Gasteiger partial charge < -0.3 is 5.11 Å². The third-order valence-corrected chi connectivity index (χ3v) is 5.85. The molecule has 1 aromatic rings. The molecule has 0 spiro atoms. The Kier molecular flexibility index (Phi) is 3.05. The van der Waals surface area contributed by atoms with E-state index in [0.29, 0.717) is 17.4 Å². The summed E-state index contributed by atoms with van der Waals surface area (Å²) in [6.07, 6.45) is 0. The molecule has 1 aliphatic rings. The third-order valence-electron chi connectivity index (χ3n) is 2.32. The van der Waals surface area contributed by atoms with Crippen LogP contribution in [-0.2, 0) is 10.0 Å². The molecule has 0 aromatic carbocycles. The van der Waals surface area contributed by atoms with Gasteiger partial charge >= 0.3 is 0 Å². The minimum atomic E-state index is -3.37. The van der Waals surface area contributed by atoms with Crippen LogP contribution in [0, 0.1) is 5.92 Å². The summed E-state index contributed by atoms with van der Waals surface area (Å²) in [5, 5.41) is 8.80. The monoisotopic (exact) mass is 267 g/mol. The molecule has 0 bridgehead atoms. The highest BCUT2D eigenvalue weighted by Gasteiger charge is 2.36. The van der Waals surface area contributed by atoms with E-state index in [1.54, 1.807) is 6.07 Å². The maximum Gasteiger partial charge on any atom is 0.252 e. The molecule has 2 heterocycles. The van der Waals surface area contributed by atoms with Crippen molar-refractivity contribution in [3.05, 3.63) is 16.5 Å². The molecule has 1 aromatic heterocycles. The summed E-state index contributed by atoms with van der Waals surface area (Å²) in [5.41, 5.74) is 0. The number of aliphatic hydroxyl groups excluding tert-OH is 1. The highest BCUT2D eigenvalue weighted by molar-refractivity contribution is 7.91. The molecule has 15 heavy (non-hydrogen) atoms. The molecule has 0 unspecified atom stereocenters. The minimum absolute atomic E-state index is 0.0389. The van der Waals surface area contributed by atoms with Gasteiger partial charge in [-0.15, -0.1) is 11.3 Å². The van der Waals surface area contributed by atoms with Gasteiger partial charge in [-0.05, 0) is 12.1 Å². The lowest BCUT2D eigenvalue weighted by Crippen LogP contribution is -2.50. The fraction of sp³-hybridized carbons (Fsp3) is 0.500. The Morgan fingerprint density at radius 2 is 2.20 bits per heavy atom. The van der Waals surface area contributed by atoms with E-state index in [1.807, 2.05) is 0 Å². The van der Waals surface area contributed by atoms with Crippen molar-refractivity contribution >= 4 is 33.0 Å². The van der Waals surface area contributed by atoms with Crippen LogP contribution in [0.5, 0.6) is 0 Å². The molecule has 0 saturated carbocycles. The molecule has 1 fully saturated rings. The van der Waals surface area contributed by atoms with Crippen molar-refractivity contribution in [1.82, 2.24) is 4.31 Å². The number of sulfonamides is 1. The summed E-state index contributed by atoms with van der Waals surface area (Å²) < 4.78 is 25.9. The summed E-state index contributed by atoms with van der Waals surface area (Å²) in [5.74, 6) is 0.0789. The Labute approximate surface area is 97.1 Å². The fourth-order valence-electron chi connectivity index (χ4n) is 1.40. The molecule has 0 atom stereocenters. The SMILES string of the molecule is O=S(=O)(c1ccc(Cl)s1)N1CC(CO)C1. The number of hydrogen-bond acceptors (Lipinski definition) is 4. The number of nitrogens with zero attached hydrogens (tertiary/aromatic N) is 1. The van der Waals surface area contributed by atoms with Crippen LogP contribution in [0.1, 0.15) is 0 Å². The molecule has 1 aliphatic heterocycles. The second-order valence-electron chi connectivity index (χ2n) is 3.43. The summed E-state index contributed by atoms with van der Waals surface area (Å²) in [7, 11) is -3.37. The van der Waals surface area contributed by atoms with Crippen molar-refractivity contribution in [2.45, 2.75) is 4.21 Å². The second kappa shape index (κ2) is 4.03. The van der Waals surface area contributed by atoms with Crippen LogP contribution in [0.3, 0.4) is 0 Å². The molecule has 0 aliphatic carbocycles. The lowest BCUT2D eigenvalue weighted by Gasteiger charge is -2.36. The van der Waals surface area contributed by atoms with Gasteiger partial charge in [-0.25, -0.2) is 8.42 Å². The van der Waals surface area contributed by atoms with E-state index in [9.17, 15) is 8.42 Å². The van der Waals surface area contributed by atoms with Gasteiger partial charge in [0.05, 0.1) is 4.34 Å². The molecule has 7 heteroatoms. The number of aliphatic hydroxyl groups is 1. The maximum absolute atomic E-state index is 11.9. The lowest BCUT2D eigenvalue weighted by molar-refractivity contribution is 0.117. The average molecular weight is 268 g/mol. The van der Waals surface area contributed by atoms with Crippen LogP contribution in [-0.4, -0.2) is 37.5 Å². The Balaban J connectivity index is 2.15. The standard InChI is InChI=1S/C8H10ClNO3S2/c9-7-1-2-8(14-7)15(12,13)10-3-6(4-10)5-11/h1-2,6,11H,3-5H2. The van der Waals surface area contributed by atoms with Crippen molar-refractivity contribution in [1.29, 1.82) is 0 Å². The highest BCUT2D eigenvalue weighted by Crippen LogP contribution is 2.31. The predicted molar refractivity (Wildman–Crippen MR) is 58.7 cm³/mol. The Morgan fingerprint density at radius 3 is 2.67 bits per heavy atom. The summed E-state index contributed by atoms with van der Waals surface area (Å²) in [6.45, 7) is 0.833. The minimum Gasteiger partial charge on any atom is -0.396 e. The van der Waals surface area contributed by atoms with Crippen molar-refractivity contribution < 1.29 is 13.5 Å². The van der Waals surface area contributed by atoms with Crippen molar-refractivity contribution in [3.63, 3.8) is 0 Å². The summed E-state index contributed by atoms with van der Waals surface area (Å²) >= 11 is 6.74. The van der Waals surface area contributed by atoms with Crippen molar-refractivity contribution in [3.8, 4) is 0 Å². The van der Waals surface area contributed by atoms with E-state index in [-0.39, 0.29) is 16.7 Å². The quantitative estimate of drug-likeness (QED) is 0.889. The topological polar surface area (TPSA) is 57.6 Å². The Bertz CT molecular complexity index is 450. The first-order valence-electron chi connectivity index (χ1n) is 4.40. The lowest BCUT2D eigenvalue weighted by atomic mass is 10.1. The molecule has 1 N–H and O–H groups in total. The van der Waals surface area contributed by atoms with Gasteiger partial charge in [0.1, 0.15) is 4.21 Å². The number of rotatable bonds is 3. The first-order valence-corrected chi connectivity index (χ1v) is 7.04. The number of hydrogen-bond donors (Lipinski definition) is 1.